The van der Waals surface area contributed by atoms with Crippen molar-refractivity contribution in [3.63, 3.8) is 0 Å². The van der Waals surface area contributed by atoms with Crippen molar-refractivity contribution in [1.82, 2.24) is 10.2 Å². The van der Waals surface area contributed by atoms with Crippen LogP contribution in [0.3, 0.4) is 0 Å². The van der Waals surface area contributed by atoms with E-state index in [-0.39, 0.29) is 24.0 Å². The average molecular weight is 349 g/mol. The third kappa shape index (κ3) is 2.45. The predicted molar refractivity (Wildman–Crippen MR) is 93.0 cm³/mol. The van der Waals surface area contributed by atoms with Crippen molar-refractivity contribution in [2.24, 2.45) is 0 Å². The minimum Gasteiger partial charge on any atom is -0.323 e. The third-order valence-corrected chi connectivity index (χ3v) is 4.55. The van der Waals surface area contributed by atoms with Gasteiger partial charge in [-0.25, -0.2) is 0 Å². The van der Waals surface area contributed by atoms with Crippen molar-refractivity contribution >= 4 is 29.3 Å². The number of carbonyl (C=O) groups is 4. The summed E-state index contributed by atoms with van der Waals surface area (Å²) in [5.74, 6) is -2.04. The molecule has 1 atom stereocenters. The van der Waals surface area contributed by atoms with Crippen molar-refractivity contribution < 1.29 is 19.2 Å². The fourth-order valence-electron chi connectivity index (χ4n) is 3.34. The van der Waals surface area contributed by atoms with E-state index in [1.165, 1.54) is 0 Å². The van der Waals surface area contributed by atoms with Crippen molar-refractivity contribution in [2.45, 2.75) is 18.9 Å². The highest BCUT2D eigenvalue weighted by Crippen LogP contribution is 2.34. The Morgan fingerprint density at radius 2 is 1.65 bits per heavy atom. The number of carbonyl (C=O) groups excluding carboxylic acids is 4. The van der Waals surface area contributed by atoms with Crippen LogP contribution in [0.15, 0.2) is 54.9 Å². The van der Waals surface area contributed by atoms with Crippen LogP contribution in [0.25, 0.3) is 0 Å². The van der Waals surface area contributed by atoms with Gasteiger partial charge in [0.2, 0.25) is 11.8 Å². The average Bonchev–Trinajstić information content (AvgIpc) is 2.82. The van der Waals surface area contributed by atoms with Gasteiger partial charge in [0.05, 0.1) is 16.8 Å². The summed E-state index contributed by atoms with van der Waals surface area (Å²) in [6.07, 6.45) is 11.1. The number of nitrogens with zero attached hydrogens (tertiary/aromatic N) is 2. The van der Waals surface area contributed by atoms with Crippen LogP contribution in [0.5, 0.6) is 0 Å². The first-order valence-electron chi connectivity index (χ1n) is 8.22. The molecule has 1 saturated heterocycles. The molecule has 0 saturated carbocycles. The first kappa shape index (κ1) is 16.0. The zero-order valence-corrected chi connectivity index (χ0v) is 13.7. The molecule has 3 aliphatic rings. The van der Waals surface area contributed by atoms with Crippen molar-refractivity contribution in [3.8, 4) is 0 Å². The van der Waals surface area contributed by atoms with Crippen LogP contribution in [0.4, 0.5) is 5.69 Å². The molecule has 1 aromatic rings. The second kappa shape index (κ2) is 6.11. The smallest absolute Gasteiger partial charge is 0.264 e. The molecular weight excluding hydrogens is 334 g/mol. The van der Waals surface area contributed by atoms with Gasteiger partial charge in [-0.3, -0.25) is 29.4 Å². The maximum absolute atomic E-state index is 13.0. The number of nitrogens with one attached hydrogen (secondary N) is 1. The zero-order valence-electron chi connectivity index (χ0n) is 13.7. The van der Waals surface area contributed by atoms with E-state index in [1.54, 1.807) is 35.5 Å². The number of piperidine rings is 1. The van der Waals surface area contributed by atoms with Crippen LogP contribution in [0, 0.1) is 0 Å². The third-order valence-electron chi connectivity index (χ3n) is 4.55. The lowest BCUT2D eigenvalue weighted by atomic mass is 10.0. The topological polar surface area (TPSA) is 86.8 Å². The van der Waals surface area contributed by atoms with Crippen LogP contribution in [0.2, 0.25) is 0 Å². The minimum absolute atomic E-state index is 0.0972. The highest BCUT2D eigenvalue weighted by molar-refractivity contribution is 6.25. The molecule has 26 heavy (non-hydrogen) atoms. The van der Waals surface area contributed by atoms with E-state index in [2.05, 4.69) is 5.32 Å². The zero-order chi connectivity index (χ0) is 18.3. The summed E-state index contributed by atoms with van der Waals surface area (Å²) in [6.45, 7) is 0. The van der Waals surface area contributed by atoms with Gasteiger partial charge in [-0.05, 0) is 30.7 Å². The Balaban J connectivity index is 1.74. The van der Waals surface area contributed by atoms with Crippen molar-refractivity contribution in [3.05, 3.63) is 66.0 Å². The highest BCUT2D eigenvalue weighted by atomic mass is 16.2. The predicted octanol–water partition coefficient (Wildman–Crippen LogP) is 1.49. The highest BCUT2D eigenvalue weighted by Gasteiger charge is 2.45. The number of allylic oxidation sites excluding steroid dienone is 4. The second-order valence-electron chi connectivity index (χ2n) is 6.12. The SMILES string of the molecule is O=C1CC[C@H](N2C(=O)c3cccc(N4C=CC=CC=C4)c3C2=O)C(=O)N1. The Morgan fingerprint density at radius 1 is 0.923 bits per heavy atom. The molecule has 1 fully saturated rings. The largest absolute Gasteiger partial charge is 0.323 e. The van der Waals surface area contributed by atoms with Crippen LogP contribution in [-0.2, 0) is 9.59 Å². The van der Waals surface area contributed by atoms with E-state index in [4.69, 9.17) is 0 Å². The number of imide groups is 2. The van der Waals surface area contributed by atoms with Gasteiger partial charge in [0.15, 0.2) is 0 Å². The lowest BCUT2D eigenvalue weighted by molar-refractivity contribution is -0.136. The molecule has 3 aliphatic heterocycles. The number of hydrogen-bond acceptors (Lipinski definition) is 5. The molecule has 0 aromatic heterocycles. The van der Waals surface area contributed by atoms with Crippen LogP contribution in [-0.4, -0.2) is 34.6 Å². The van der Waals surface area contributed by atoms with Gasteiger partial charge in [-0.15, -0.1) is 0 Å². The Hall–Kier alpha value is -3.48. The maximum Gasteiger partial charge on any atom is 0.264 e. The maximum atomic E-state index is 13.0. The van der Waals surface area contributed by atoms with E-state index < -0.39 is 29.7 Å². The minimum atomic E-state index is -0.968. The molecule has 1 N–H and O–H groups in total. The van der Waals surface area contributed by atoms with E-state index in [1.807, 2.05) is 24.3 Å². The number of rotatable bonds is 2. The van der Waals surface area contributed by atoms with Gasteiger partial charge in [0.25, 0.3) is 11.8 Å². The van der Waals surface area contributed by atoms with E-state index in [0.717, 1.165) is 4.90 Å². The fraction of sp³-hybridized carbons (Fsp3) is 0.158. The standard InChI is InChI=1S/C19H15N3O4/c23-15-9-8-14(17(24)20-15)22-18(25)12-6-5-7-13(16(12)19(22)26)21-10-3-1-2-4-11-21/h1-7,10-11,14H,8-9H2,(H,20,23,24)/t14-/m0/s1. The molecule has 7 nitrogen and oxygen atoms in total. The second-order valence-corrected chi connectivity index (χ2v) is 6.12. The van der Waals surface area contributed by atoms with Crippen LogP contribution in [0.1, 0.15) is 33.6 Å². The monoisotopic (exact) mass is 349 g/mol. The Bertz CT molecular complexity index is 913. The lowest BCUT2D eigenvalue weighted by Crippen LogP contribution is -2.54. The summed E-state index contributed by atoms with van der Waals surface area (Å²) in [5.41, 5.74) is 1.08. The summed E-state index contributed by atoms with van der Waals surface area (Å²) >= 11 is 0. The molecule has 0 aliphatic carbocycles. The molecule has 0 spiro atoms. The van der Waals surface area contributed by atoms with Crippen LogP contribution >= 0.6 is 0 Å². The van der Waals surface area contributed by atoms with Gasteiger partial charge in [-0.1, -0.05) is 18.2 Å². The molecule has 3 heterocycles. The summed E-state index contributed by atoms with van der Waals surface area (Å²) < 4.78 is 0. The number of hydrogen-bond donors (Lipinski definition) is 1. The first-order valence-corrected chi connectivity index (χ1v) is 8.22. The number of amides is 4. The molecule has 0 radical (unpaired) electrons. The van der Waals surface area contributed by atoms with Gasteiger partial charge < -0.3 is 4.90 Å². The summed E-state index contributed by atoms with van der Waals surface area (Å²) in [7, 11) is 0. The first-order chi connectivity index (χ1) is 12.6. The van der Waals surface area contributed by atoms with E-state index in [0.29, 0.717) is 5.69 Å². The van der Waals surface area contributed by atoms with Crippen molar-refractivity contribution in [1.29, 1.82) is 0 Å². The van der Waals surface area contributed by atoms with E-state index >= 15 is 0 Å². The molecule has 130 valence electrons. The molecule has 7 heteroatoms. The molecular formula is C19H15N3O4. The fourth-order valence-corrected chi connectivity index (χ4v) is 3.34. The summed E-state index contributed by atoms with van der Waals surface area (Å²) in [6, 6.07) is 4.06. The number of fused-ring (bicyclic) bond motifs is 1. The molecule has 4 amide bonds. The van der Waals surface area contributed by atoms with Crippen LogP contribution < -0.4 is 10.2 Å². The Labute approximate surface area is 149 Å². The molecule has 1 aromatic carbocycles. The number of anilines is 1. The summed E-state index contributed by atoms with van der Waals surface area (Å²) in [4.78, 5) is 52.1. The molecule has 4 rings (SSSR count). The normalized spacial score (nSPS) is 21.9. The summed E-state index contributed by atoms with van der Waals surface area (Å²) in [5, 5.41) is 2.20. The lowest BCUT2D eigenvalue weighted by Gasteiger charge is -2.28. The van der Waals surface area contributed by atoms with Crippen molar-refractivity contribution in [2.75, 3.05) is 4.90 Å². The van der Waals surface area contributed by atoms with Gasteiger partial charge >= 0.3 is 0 Å². The molecule has 0 bridgehead atoms. The van der Waals surface area contributed by atoms with Gasteiger partial charge in [-0.2, -0.15) is 0 Å². The Morgan fingerprint density at radius 3 is 2.35 bits per heavy atom. The van der Waals surface area contributed by atoms with Gasteiger partial charge in [0, 0.05) is 18.8 Å². The molecule has 0 unspecified atom stereocenters. The number of benzene rings is 1. The Kier molecular flexibility index (Phi) is 3.76. The van der Waals surface area contributed by atoms with E-state index in [9.17, 15) is 19.2 Å². The van der Waals surface area contributed by atoms with Gasteiger partial charge in [0.1, 0.15) is 6.04 Å². The quantitative estimate of drug-likeness (QED) is 0.818.